The van der Waals surface area contributed by atoms with Crippen LogP contribution in [0, 0.1) is 0 Å². The van der Waals surface area contributed by atoms with Gasteiger partial charge in [0.05, 0.1) is 30.3 Å². The summed E-state index contributed by atoms with van der Waals surface area (Å²) < 4.78 is 13.2. The molecule has 0 unspecified atom stereocenters. The Bertz CT molecular complexity index is 1070. The molecule has 0 radical (unpaired) electrons. The summed E-state index contributed by atoms with van der Waals surface area (Å²) in [4.78, 5) is 17.1. The highest BCUT2D eigenvalue weighted by molar-refractivity contribution is 6.08. The Morgan fingerprint density at radius 1 is 1.36 bits per heavy atom. The molecule has 0 spiro atoms. The maximum Gasteiger partial charge on any atom is 0.255 e. The molecule has 0 bridgehead atoms. The van der Waals surface area contributed by atoms with Gasteiger partial charge in [0.1, 0.15) is 6.61 Å². The molecule has 3 aromatic rings. The maximum atomic E-state index is 12.7. The van der Waals surface area contributed by atoms with Gasteiger partial charge in [-0.05, 0) is 39.0 Å². The quantitative estimate of drug-likeness (QED) is 0.730. The minimum absolute atomic E-state index is 0.184. The van der Waals surface area contributed by atoms with Crippen LogP contribution in [0.15, 0.2) is 42.2 Å². The van der Waals surface area contributed by atoms with Gasteiger partial charge in [0.25, 0.3) is 5.91 Å². The van der Waals surface area contributed by atoms with E-state index in [0.717, 1.165) is 16.6 Å². The van der Waals surface area contributed by atoms with E-state index in [-0.39, 0.29) is 18.6 Å². The van der Waals surface area contributed by atoms with Crippen molar-refractivity contribution in [3.63, 3.8) is 0 Å². The largest absolute Gasteiger partial charge is 0.490 e. The smallest absolute Gasteiger partial charge is 0.255 e. The van der Waals surface area contributed by atoms with Crippen LogP contribution in [-0.2, 0) is 4.79 Å². The van der Waals surface area contributed by atoms with Gasteiger partial charge in [-0.25, -0.2) is 9.67 Å². The third-order valence-electron chi connectivity index (χ3n) is 4.48. The van der Waals surface area contributed by atoms with Gasteiger partial charge in [0.2, 0.25) is 0 Å². The van der Waals surface area contributed by atoms with Crippen LogP contribution in [0.3, 0.4) is 0 Å². The normalized spacial score (nSPS) is 13.1. The third kappa shape index (κ3) is 3.31. The van der Waals surface area contributed by atoms with Crippen molar-refractivity contribution in [1.82, 2.24) is 14.8 Å². The van der Waals surface area contributed by atoms with E-state index in [4.69, 9.17) is 9.47 Å². The van der Waals surface area contributed by atoms with Crippen LogP contribution in [0.2, 0.25) is 0 Å². The van der Waals surface area contributed by atoms with Crippen LogP contribution >= 0.6 is 0 Å². The average Bonchev–Trinajstić information content (AvgIpc) is 3.11. The van der Waals surface area contributed by atoms with Crippen molar-refractivity contribution < 1.29 is 14.3 Å². The molecule has 7 heteroatoms. The number of pyridine rings is 1. The van der Waals surface area contributed by atoms with E-state index in [9.17, 15) is 4.79 Å². The molecule has 0 saturated carbocycles. The number of anilines is 1. The second-order valence-electron chi connectivity index (χ2n) is 6.84. The van der Waals surface area contributed by atoms with Crippen LogP contribution in [0.5, 0.6) is 11.5 Å². The molecule has 0 atom stereocenters. The second-order valence-corrected chi connectivity index (χ2v) is 6.84. The van der Waals surface area contributed by atoms with Crippen LogP contribution in [-0.4, -0.2) is 33.9 Å². The topological polar surface area (TPSA) is 78.3 Å². The number of rotatable bonds is 5. The summed E-state index contributed by atoms with van der Waals surface area (Å²) >= 11 is 0. The lowest BCUT2D eigenvalue weighted by Crippen LogP contribution is -2.21. The van der Waals surface area contributed by atoms with Crippen molar-refractivity contribution in [3.05, 3.63) is 47.8 Å². The van der Waals surface area contributed by atoms with Crippen LogP contribution in [0.1, 0.15) is 32.4 Å². The van der Waals surface area contributed by atoms with Crippen LogP contribution in [0.4, 0.5) is 5.69 Å². The SMILES string of the molecule is CCOc1cccc2c1OCC(C(=O)Nc1cnc3c(cnn3C(C)C)c1)=C2. The van der Waals surface area contributed by atoms with Gasteiger partial charge in [-0.1, -0.05) is 12.1 Å². The van der Waals surface area contributed by atoms with E-state index in [1.807, 2.05) is 55.8 Å². The Morgan fingerprint density at radius 3 is 3.00 bits per heavy atom. The van der Waals surface area contributed by atoms with Crippen molar-refractivity contribution in [2.75, 3.05) is 18.5 Å². The highest BCUT2D eigenvalue weighted by Crippen LogP contribution is 2.36. The molecular weight excluding hydrogens is 356 g/mol. The van der Waals surface area contributed by atoms with Gasteiger partial charge in [-0.2, -0.15) is 5.10 Å². The molecule has 1 amide bonds. The molecule has 28 heavy (non-hydrogen) atoms. The third-order valence-corrected chi connectivity index (χ3v) is 4.48. The number of aromatic nitrogens is 3. The summed E-state index contributed by atoms with van der Waals surface area (Å²) in [7, 11) is 0. The number of carbonyl (C=O) groups excluding carboxylic acids is 1. The standard InChI is InChI=1S/C21H22N4O3/c1-4-27-18-7-5-6-14-8-16(12-28-19(14)18)21(26)24-17-9-15-10-23-25(13(2)3)20(15)22-11-17/h5-11,13H,4,12H2,1-3H3,(H,24,26). The molecule has 1 aliphatic heterocycles. The number of benzene rings is 1. The molecule has 4 rings (SSSR count). The number of nitrogens with one attached hydrogen (secondary N) is 1. The molecule has 1 N–H and O–H groups in total. The zero-order chi connectivity index (χ0) is 19.7. The zero-order valence-electron chi connectivity index (χ0n) is 16.1. The van der Waals surface area contributed by atoms with Crippen LogP contribution in [0.25, 0.3) is 17.1 Å². The van der Waals surface area contributed by atoms with Gasteiger partial charge >= 0.3 is 0 Å². The lowest BCUT2D eigenvalue weighted by atomic mass is 10.1. The van der Waals surface area contributed by atoms with E-state index in [2.05, 4.69) is 15.4 Å². The Labute approximate surface area is 163 Å². The molecular formula is C21H22N4O3. The number of hydrogen-bond donors (Lipinski definition) is 1. The van der Waals surface area contributed by atoms with Gasteiger partial charge in [0, 0.05) is 17.0 Å². The van der Waals surface area contributed by atoms with Gasteiger partial charge in [-0.3, -0.25) is 4.79 Å². The lowest BCUT2D eigenvalue weighted by molar-refractivity contribution is -0.113. The monoisotopic (exact) mass is 378 g/mol. The number of ether oxygens (including phenoxy) is 2. The molecule has 2 aromatic heterocycles. The first kappa shape index (κ1) is 18.0. The van der Waals surface area contributed by atoms with Crippen molar-refractivity contribution in [1.29, 1.82) is 0 Å². The molecule has 3 heterocycles. The fraction of sp³-hybridized carbons (Fsp3) is 0.286. The summed E-state index contributed by atoms with van der Waals surface area (Å²) in [5.74, 6) is 1.14. The number of carbonyl (C=O) groups is 1. The Kier molecular flexibility index (Phi) is 4.73. The Balaban J connectivity index is 1.56. The Morgan fingerprint density at radius 2 is 2.21 bits per heavy atom. The summed E-state index contributed by atoms with van der Waals surface area (Å²) in [6.07, 6.45) is 5.23. The van der Waals surface area contributed by atoms with Crippen molar-refractivity contribution in [2.45, 2.75) is 26.8 Å². The summed E-state index contributed by atoms with van der Waals surface area (Å²) in [5.41, 5.74) is 2.79. The van der Waals surface area contributed by atoms with Crippen molar-refractivity contribution in [2.24, 2.45) is 0 Å². The van der Waals surface area contributed by atoms with Gasteiger partial charge in [-0.15, -0.1) is 0 Å². The molecule has 1 aromatic carbocycles. The summed E-state index contributed by atoms with van der Waals surface area (Å²) in [6, 6.07) is 7.74. The van der Waals surface area contributed by atoms with E-state index >= 15 is 0 Å². The second kappa shape index (κ2) is 7.34. The van der Waals surface area contributed by atoms with Crippen molar-refractivity contribution in [3.8, 4) is 11.5 Å². The predicted molar refractivity (Wildman–Crippen MR) is 108 cm³/mol. The van der Waals surface area contributed by atoms with E-state index < -0.39 is 0 Å². The summed E-state index contributed by atoms with van der Waals surface area (Å²) in [6.45, 7) is 6.76. The number of nitrogens with zero attached hydrogens (tertiary/aromatic N) is 3. The van der Waals surface area contributed by atoms with E-state index in [0.29, 0.717) is 29.4 Å². The average molecular weight is 378 g/mol. The first-order valence-electron chi connectivity index (χ1n) is 9.30. The molecule has 0 fully saturated rings. The molecule has 0 aliphatic carbocycles. The first-order valence-corrected chi connectivity index (χ1v) is 9.30. The van der Waals surface area contributed by atoms with Gasteiger partial charge < -0.3 is 14.8 Å². The maximum absolute atomic E-state index is 12.7. The number of fused-ring (bicyclic) bond motifs is 2. The molecule has 1 aliphatic rings. The number of amides is 1. The Hall–Kier alpha value is -3.35. The van der Waals surface area contributed by atoms with Crippen LogP contribution < -0.4 is 14.8 Å². The molecule has 7 nitrogen and oxygen atoms in total. The van der Waals surface area contributed by atoms with E-state index in [1.54, 1.807) is 12.4 Å². The first-order chi connectivity index (χ1) is 13.6. The predicted octanol–water partition coefficient (Wildman–Crippen LogP) is 3.83. The number of para-hydroxylation sites is 1. The highest BCUT2D eigenvalue weighted by atomic mass is 16.5. The molecule has 0 saturated heterocycles. The fourth-order valence-corrected chi connectivity index (χ4v) is 3.18. The highest BCUT2D eigenvalue weighted by Gasteiger charge is 2.20. The molecule has 144 valence electrons. The number of hydrogen-bond acceptors (Lipinski definition) is 5. The fourth-order valence-electron chi connectivity index (χ4n) is 3.18. The minimum Gasteiger partial charge on any atom is -0.490 e. The summed E-state index contributed by atoms with van der Waals surface area (Å²) in [5, 5.41) is 8.13. The van der Waals surface area contributed by atoms with Crippen molar-refractivity contribution >= 4 is 28.7 Å². The minimum atomic E-state index is -0.218. The van der Waals surface area contributed by atoms with Gasteiger partial charge in [0.15, 0.2) is 17.1 Å². The van der Waals surface area contributed by atoms with E-state index in [1.165, 1.54) is 0 Å². The zero-order valence-corrected chi connectivity index (χ0v) is 16.1. The lowest BCUT2D eigenvalue weighted by Gasteiger charge is -2.20.